The van der Waals surface area contributed by atoms with Crippen molar-refractivity contribution >= 4 is 39.5 Å². The van der Waals surface area contributed by atoms with E-state index in [1.165, 1.54) is 238 Å². The lowest BCUT2D eigenvalue weighted by Crippen LogP contribution is -2.30. The van der Waals surface area contributed by atoms with Crippen LogP contribution in [-0.2, 0) is 65.4 Å². The molecule has 3 N–H and O–H groups in total. The van der Waals surface area contributed by atoms with Gasteiger partial charge in [0.2, 0.25) is 0 Å². The van der Waals surface area contributed by atoms with Crippen LogP contribution in [-0.4, -0.2) is 96.7 Å². The molecule has 0 aromatic carbocycles. The Morgan fingerprint density at radius 3 is 0.768 bits per heavy atom. The number of ether oxygens (including phenoxy) is 4. The van der Waals surface area contributed by atoms with Crippen LogP contribution in [0, 0.1) is 11.8 Å². The molecular formula is C80H156O17P2. The molecule has 99 heavy (non-hydrogen) atoms. The molecule has 0 aliphatic heterocycles. The van der Waals surface area contributed by atoms with Crippen LogP contribution in [0.25, 0.3) is 0 Å². The van der Waals surface area contributed by atoms with Crippen LogP contribution in [0.4, 0.5) is 0 Å². The van der Waals surface area contributed by atoms with Crippen molar-refractivity contribution in [3.8, 4) is 0 Å². The van der Waals surface area contributed by atoms with Gasteiger partial charge in [-0.05, 0) is 37.5 Å². The molecule has 0 aromatic heterocycles. The Kier molecular flexibility index (Phi) is 70.3. The molecule has 0 saturated carbocycles. The van der Waals surface area contributed by atoms with Crippen LogP contribution in [0.3, 0.4) is 0 Å². The van der Waals surface area contributed by atoms with Gasteiger partial charge in [0.05, 0.1) is 26.4 Å². The minimum Gasteiger partial charge on any atom is -0.462 e. The van der Waals surface area contributed by atoms with E-state index in [0.717, 1.165) is 102 Å². The summed E-state index contributed by atoms with van der Waals surface area (Å²) >= 11 is 0. The molecule has 0 aliphatic carbocycles. The van der Waals surface area contributed by atoms with Crippen LogP contribution in [0.15, 0.2) is 0 Å². The van der Waals surface area contributed by atoms with Gasteiger partial charge in [0.1, 0.15) is 19.3 Å². The lowest BCUT2D eigenvalue weighted by molar-refractivity contribution is -0.161. The number of rotatable bonds is 79. The van der Waals surface area contributed by atoms with Gasteiger partial charge >= 0.3 is 39.5 Å². The fraction of sp³-hybridized carbons (Fsp3) is 0.950. The van der Waals surface area contributed by atoms with Crippen LogP contribution < -0.4 is 0 Å². The second-order valence-electron chi connectivity index (χ2n) is 29.5. The lowest BCUT2D eigenvalue weighted by atomic mass is 9.99. The SMILES string of the molecule is CCCCCCCCCCCCCCCCCCCCC(=O)O[C@H](COC(=O)CCCCCCCCCCCCCCCCC(C)C)COP(=O)(O)OC[C@@H](O)COP(=O)(O)OC[C@@H](COC(=O)CCCCCCCCCCCCCC)OC(=O)CCCCCCCCCCC(C)CC. The molecule has 0 saturated heterocycles. The number of unbranched alkanes of at least 4 members (excludes halogenated alkanes) is 48. The number of aliphatic hydroxyl groups is 1. The van der Waals surface area contributed by atoms with Crippen LogP contribution in [0.2, 0.25) is 0 Å². The molecule has 0 amide bonds. The molecule has 17 nitrogen and oxygen atoms in total. The van der Waals surface area contributed by atoms with E-state index in [0.29, 0.717) is 25.7 Å². The van der Waals surface area contributed by atoms with Gasteiger partial charge in [-0.3, -0.25) is 37.3 Å². The summed E-state index contributed by atoms with van der Waals surface area (Å²) in [6.07, 6.45) is 60.9. The number of carbonyl (C=O) groups excluding carboxylic acids is 4. The Balaban J connectivity index is 5.25. The zero-order valence-electron chi connectivity index (χ0n) is 64.8. The Hall–Kier alpha value is -1.94. The first kappa shape index (κ1) is 97.1. The third kappa shape index (κ3) is 72.8. The molecule has 0 spiro atoms. The summed E-state index contributed by atoms with van der Waals surface area (Å²) in [7, 11) is -9.92. The second-order valence-corrected chi connectivity index (χ2v) is 32.4. The van der Waals surface area contributed by atoms with Gasteiger partial charge in [0, 0.05) is 25.7 Å². The first-order valence-electron chi connectivity index (χ1n) is 41.5. The average Bonchev–Trinajstić information content (AvgIpc) is 1.53. The van der Waals surface area contributed by atoms with Gasteiger partial charge < -0.3 is 33.8 Å². The van der Waals surface area contributed by atoms with Crippen LogP contribution >= 0.6 is 15.6 Å². The molecule has 0 radical (unpaired) electrons. The van der Waals surface area contributed by atoms with E-state index in [-0.39, 0.29) is 25.7 Å². The third-order valence-electron chi connectivity index (χ3n) is 19.1. The second kappa shape index (κ2) is 71.7. The van der Waals surface area contributed by atoms with E-state index < -0.39 is 97.5 Å². The van der Waals surface area contributed by atoms with E-state index in [1.54, 1.807) is 0 Å². The Bertz CT molecular complexity index is 1910. The largest absolute Gasteiger partial charge is 0.472 e. The van der Waals surface area contributed by atoms with E-state index in [2.05, 4.69) is 41.5 Å². The predicted octanol–water partition coefficient (Wildman–Crippen LogP) is 23.9. The fourth-order valence-corrected chi connectivity index (χ4v) is 13.9. The third-order valence-corrected chi connectivity index (χ3v) is 21.0. The maximum Gasteiger partial charge on any atom is 0.472 e. The summed E-state index contributed by atoms with van der Waals surface area (Å²) in [5, 5.41) is 10.6. The Morgan fingerprint density at radius 1 is 0.293 bits per heavy atom. The van der Waals surface area contributed by atoms with Crippen molar-refractivity contribution in [2.24, 2.45) is 11.8 Å². The zero-order chi connectivity index (χ0) is 72.8. The van der Waals surface area contributed by atoms with Gasteiger partial charge in [-0.1, -0.05) is 369 Å². The average molecular weight is 1450 g/mol. The van der Waals surface area contributed by atoms with Crippen LogP contribution in [0.1, 0.15) is 420 Å². The Morgan fingerprint density at radius 2 is 0.515 bits per heavy atom. The summed E-state index contributed by atoms with van der Waals surface area (Å²) < 4.78 is 68.7. The molecule has 0 aromatic rings. The minimum absolute atomic E-state index is 0.106. The van der Waals surface area contributed by atoms with Crippen molar-refractivity contribution in [2.75, 3.05) is 39.6 Å². The molecule has 3 unspecified atom stereocenters. The van der Waals surface area contributed by atoms with Crippen molar-refractivity contribution in [1.82, 2.24) is 0 Å². The predicted molar refractivity (Wildman–Crippen MR) is 405 cm³/mol. The normalized spacial score (nSPS) is 14.2. The lowest BCUT2D eigenvalue weighted by Gasteiger charge is -2.21. The van der Waals surface area contributed by atoms with E-state index >= 15 is 0 Å². The number of phosphoric ester groups is 2. The highest BCUT2D eigenvalue weighted by Crippen LogP contribution is 2.45. The van der Waals surface area contributed by atoms with Crippen molar-refractivity contribution in [3.05, 3.63) is 0 Å². The Labute approximate surface area is 607 Å². The maximum absolute atomic E-state index is 13.1. The van der Waals surface area contributed by atoms with Gasteiger partial charge in [-0.15, -0.1) is 0 Å². The van der Waals surface area contributed by atoms with Gasteiger partial charge in [-0.2, -0.15) is 0 Å². The number of carbonyl (C=O) groups is 4. The molecule has 588 valence electrons. The van der Waals surface area contributed by atoms with E-state index in [9.17, 15) is 43.2 Å². The van der Waals surface area contributed by atoms with Gasteiger partial charge in [-0.25, -0.2) is 9.13 Å². The minimum atomic E-state index is -4.96. The molecule has 0 bridgehead atoms. The zero-order valence-corrected chi connectivity index (χ0v) is 66.6. The molecule has 0 heterocycles. The quantitative estimate of drug-likeness (QED) is 0.0222. The topological polar surface area (TPSA) is 237 Å². The number of aliphatic hydroxyl groups excluding tert-OH is 1. The maximum atomic E-state index is 13.1. The number of hydrogen-bond acceptors (Lipinski definition) is 15. The number of phosphoric acid groups is 2. The first-order chi connectivity index (χ1) is 47.9. The van der Waals surface area contributed by atoms with Crippen molar-refractivity contribution < 1.29 is 80.2 Å². The standard InChI is InChI=1S/C80H156O17P2/c1-7-10-12-14-16-18-20-22-23-24-25-26-31-35-39-46-52-58-64-79(84)96-75(68-90-78(83)63-57-51-45-38-34-30-28-27-29-32-36-42-48-54-60-72(4)5)70-94-98(86,87)92-66-74(81)67-93-99(88,89)95-71-76(97-80(85)65-59-53-47-41-40-43-49-55-61-73(6)9-3)69-91-77(82)62-56-50-44-37-33-21-19-17-15-13-11-8-2/h72-76,81H,7-71H2,1-6H3,(H,86,87)(H,88,89)/t73?,74-,75-,76-/m1/s1. The summed E-state index contributed by atoms with van der Waals surface area (Å²) in [5.74, 6) is -0.541. The molecule has 0 aliphatic rings. The molecule has 19 heteroatoms. The molecular weight excluding hydrogens is 1290 g/mol. The highest BCUT2D eigenvalue weighted by atomic mass is 31.2. The molecule has 6 atom stereocenters. The monoisotopic (exact) mass is 1450 g/mol. The summed E-state index contributed by atoms with van der Waals surface area (Å²) in [6, 6.07) is 0. The summed E-state index contributed by atoms with van der Waals surface area (Å²) in [4.78, 5) is 73.0. The van der Waals surface area contributed by atoms with Crippen molar-refractivity contribution in [2.45, 2.75) is 439 Å². The number of esters is 4. The summed E-state index contributed by atoms with van der Waals surface area (Å²) in [5.41, 5.74) is 0. The van der Waals surface area contributed by atoms with E-state index in [4.69, 9.17) is 37.0 Å². The van der Waals surface area contributed by atoms with E-state index in [1.807, 2.05) is 0 Å². The van der Waals surface area contributed by atoms with Crippen molar-refractivity contribution in [3.63, 3.8) is 0 Å². The number of hydrogen-bond donors (Lipinski definition) is 3. The van der Waals surface area contributed by atoms with Crippen molar-refractivity contribution in [1.29, 1.82) is 0 Å². The molecule has 0 fully saturated rings. The van der Waals surface area contributed by atoms with Gasteiger partial charge in [0.25, 0.3) is 0 Å². The van der Waals surface area contributed by atoms with Gasteiger partial charge in [0.15, 0.2) is 12.2 Å². The molecule has 0 rings (SSSR count). The first-order valence-corrected chi connectivity index (χ1v) is 44.5. The van der Waals surface area contributed by atoms with Crippen LogP contribution in [0.5, 0.6) is 0 Å². The fourth-order valence-electron chi connectivity index (χ4n) is 12.3. The highest BCUT2D eigenvalue weighted by Gasteiger charge is 2.30. The summed E-state index contributed by atoms with van der Waals surface area (Å²) in [6.45, 7) is 9.65. The smallest absolute Gasteiger partial charge is 0.462 e. The highest BCUT2D eigenvalue weighted by molar-refractivity contribution is 7.47.